The van der Waals surface area contributed by atoms with Crippen LogP contribution in [-0.2, 0) is 16.0 Å². The summed E-state index contributed by atoms with van der Waals surface area (Å²) in [6.45, 7) is 4.48. The van der Waals surface area contributed by atoms with Gasteiger partial charge in [-0.2, -0.15) is 9.59 Å². The molecule has 0 aliphatic heterocycles. The molecule has 1 saturated carbocycles. The van der Waals surface area contributed by atoms with Crippen LogP contribution in [0.5, 0.6) is 5.75 Å². The SMILES string of the molecule is CCCc1cc(N)c2c(OC3CCC(C)CC3)cccc2n1.O=C=O. The van der Waals surface area contributed by atoms with E-state index >= 15 is 0 Å². The van der Waals surface area contributed by atoms with Gasteiger partial charge in [0.25, 0.3) is 0 Å². The Hall–Kier alpha value is -2.39. The Balaban J connectivity index is 0.000000701. The van der Waals surface area contributed by atoms with E-state index in [1.165, 1.54) is 12.8 Å². The van der Waals surface area contributed by atoms with Crippen LogP contribution in [-0.4, -0.2) is 17.2 Å². The molecule has 2 aromatic rings. The largest absolute Gasteiger partial charge is 0.490 e. The van der Waals surface area contributed by atoms with Gasteiger partial charge in [-0.1, -0.05) is 26.3 Å². The maximum atomic E-state index is 8.12. The first-order chi connectivity index (χ1) is 12.1. The second-order valence-corrected chi connectivity index (χ2v) is 6.69. The van der Waals surface area contributed by atoms with Crippen LogP contribution in [0.2, 0.25) is 0 Å². The quantitative estimate of drug-likeness (QED) is 0.903. The van der Waals surface area contributed by atoms with Crippen molar-refractivity contribution < 1.29 is 14.3 Å². The van der Waals surface area contributed by atoms with Gasteiger partial charge in [0.15, 0.2) is 0 Å². The second kappa shape index (κ2) is 9.19. The van der Waals surface area contributed by atoms with Gasteiger partial charge in [-0.3, -0.25) is 4.98 Å². The number of ether oxygens (including phenoxy) is 1. The first-order valence-corrected chi connectivity index (χ1v) is 8.93. The van der Waals surface area contributed by atoms with Gasteiger partial charge in [0.2, 0.25) is 0 Å². The Morgan fingerprint density at radius 1 is 1.24 bits per heavy atom. The summed E-state index contributed by atoms with van der Waals surface area (Å²) < 4.78 is 6.28. The maximum absolute atomic E-state index is 8.12. The molecule has 0 amide bonds. The van der Waals surface area contributed by atoms with E-state index in [1.54, 1.807) is 0 Å². The Morgan fingerprint density at radius 2 is 1.92 bits per heavy atom. The Kier molecular flexibility index (Phi) is 6.96. The van der Waals surface area contributed by atoms with Crippen LogP contribution in [0, 0.1) is 5.92 Å². The lowest BCUT2D eigenvalue weighted by Crippen LogP contribution is -2.23. The number of nitrogens with two attached hydrogens (primary N) is 1. The number of nitrogens with zero attached hydrogens (tertiary/aromatic N) is 1. The van der Waals surface area contributed by atoms with Crippen molar-refractivity contribution in [2.24, 2.45) is 5.92 Å². The summed E-state index contributed by atoms with van der Waals surface area (Å²) in [7, 11) is 0. The number of nitrogen functional groups attached to an aromatic ring is 1. The molecule has 0 unspecified atom stereocenters. The van der Waals surface area contributed by atoms with Crippen molar-refractivity contribution in [3.05, 3.63) is 30.0 Å². The van der Waals surface area contributed by atoms with E-state index in [1.807, 2.05) is 24.3 Å². The van der Waals surface area contributed by atoms with Crippen LogP contribution < -0.4 is 10.5 Å². The van der Waals surface area contributed by atoms with Crippen molar-refractivity contribution in [1.82, 2.24) is 4.98 Å². The van der Waals surface area contributed by atoms with Crippen molar-refractivity contribution in [3.8, 4) is 5.75 Å². The van der Waals surface area contributed by atoms with Gasteiger partial charge in [0.05, 0.1) is 17.0 Å². The van der Waals surface area contributed by atoms with Crippen LogP contribution >= 0.6 is 0 Å². The van der Waals surface area contributed by atoms with E-state index in [0.717, 1.165) is 59.6 Å². The Labute approximate surface area is 148 Å². The Morgan fingerprint density at radius 3 is 2.56 bits per heavy atom. The zero-order chi connectivity index (χ0) is 18.2. The number of hydrogen-bond donors (Lipinski definition) is 1. The summed E-state index contributed by atoms with van der Waals surface area (Å²) >= 11 is 0. The molecule has 1 aliphatic rings. The average Bonchev–Trinajstić information content (AvgIpc) is 2.58. The highest BCUT2D eigenvalue weighted by atomic mass is 16.5. The van der Waals surface area contributed by atoms with E-state index in [9.17, 15) is 0 Å². The molecule has 5 nitrogen and oxygen atoms in total. The zero-order valence-corrected chi connectivity index (χ0v) is 15.0. The number of rotatable bonds is 4. The molecular weight excluding hydrogens is 316 g/mol. The fourth-order valence-electron chi connectivity index (χ4n) is 3.35. The molecule has 0 atom stereocenters. The lowest BCUT2D eigenvalue weighted by molar-refractivity contribution is -0.191. The number of pyridine rings is 1. The van der Waals surface area contributed by atoms with Crippen LogP contribution in [0.3, 0.4) is 0 Å². The minimum atomic E-state index is 0.250. The molecule has 1 aromatic heterocycles. The molecule has 0 bridgehead atoms. The number of carbonyl (C=O) groups excluding carboxylic acids is 2. The minimum absolute atomic E-state index is 0.250. The highest BCUT2D eigenvalue weighted by Crippen LogP contribution is 2.34. The summed E-state index contributed by atoms with van der Waals surface area (Å²) in [5, 5.41) is 0.973. The van der Waals surface area contributed by atoms with E-state index < -0.39 is 0 Å². The van der Waals surface area contributed by atoms with Crippen LogP contribution in [0.4, 0.5) is 5.69 Å². The van der Waals surface area contributed by atoms with Crippen LogP contribution in [0.1, 0.15) is 51.6 Å². The van der Waals surface area contributed by atoms with Crippen LogP contribution in [0.25, 0.3) is 10.9 Å². The third-order valence-corrected chi connectivity index (χ3v) is 4.64. The maximum Gasteiger partial charge on any atom is 0.373 e. The highest BCUT2D eigenvalue weighted by Gasteiger charge is 2.20. The van der Waals surface area contributed by atoms with E-state index in [2.05, 4.69) is 13.8 Å². The number of anilines is 1. The number of benzene rings is 1. The second-order valence-electron chi connectivity index (χ2n) is 6.69. The highest BCUT2D eigenvalue weighted by molar-refractivity contribution is 5.95. The first kappa shape index (κ1) is 18.9. The molecule has 134 valence electrons. The van der Waals surface area contributed by atoms with Gasteiger partial charge in [0, 0.05) is 11.4 Å². The average molecular weight is 342 g/mol. The number of aromatic nitrogens is 1. The number of fused-ring (bicyclic) bond motifs is 1. The lowest BCUT2D eigenvalue weighted by Gasteiger charge is -2.27. The molecular formula is C20H26N2O3. The molecule has 1 heterocycles. The van der Waals surface area contributed by atoms with Crippen molar-refractivity contribution in [2.45, 2.75) is 58.5 Å². The lowest BCUT2D eigenvalue weighted by atomic mass is 9.89. The third-order valence-electron chi connectivity index (χ3n) is 4.64. The molecule has 1 fully saturated rings. The topological polar surface area (TPSA) is 82.3 Å². The smallest absolute Gasteiger partial charge is 0.373 e. The minimum Gasteiger partial charge on any atom is -0.490 e. The third kappa shape index (κ3) is 5.04. The van der Waals surface area contributed by atoms with Gasteiger partial charge < -0.3 is 10.5 Å². The predicted octanol–water partition coefficient (Wildman–Crippen LogP) is 4.14. The van der Waals surface area contributed by atoms with Gasteiger partial charge in [0.1, 0.15) is 5.75 Å². The summed E-state index contributed by atoms with van der Waals surface area (Å²) in [6, 6.07) is 8.07. The molecule has 0 saturated heterocycles. The van der Waals surface area contributed by atoms with Gasteiger partial charge in [-0.25, -0.2) is 0 Å². The van der Waals surface area contributed by atoms with Crippen molar-refractivity contribution in [1.29, 1.82) is 0 Å². The first-order valence-electron chi connectivity index (χ1n) is 8.93. The molecule has 25 heavy (non-hydrogen) atoms. The summed E-state index contributed by atoms with van der Waals surface area (Å²) in [5.41, 5.74) is 9.10. The molecule has 3 rings (SSSR count). The molecule has 0 radical (unpaired) electrons. The van der Waals surface area contributed by atoms with Crippen molar-refractivity contribution >= 4 is 22.7 Å². The fraction of sp³-hybridized carbons (Fsp3) is 0.500. The number of aryl methyl sites for hydroxylation is 1. The van der Waals surface area contributed by atoms with E-state index in [-0.39, 0.29) is 6.15 Å². The van der Waals surface area contributed by atoms with Gasteiger partial charge >= 0.3 is 6.15 Å². The number of hydrogen-bond acceptors (Lipinski definition) is 5. The molecule has 2 N–H and O–H groups in total. The van der Waals surface area contributed by atoms with E-state index in [0.29, 0.717) is 6.10 Å². The van der Waals surface area contributed by atoms with Crippen molar-refractivity contribution in [2.75, 3.05) is 5.73 Å². The Bertz CT molecular complexity index is 731. The van der Waals surface area contributed by atoms with Gasteiger partial charge in [-0.15, -0.1) is 0 Å². The fourth-order valence-corrected chi connectivity index (χ4v) is 3.35. The molecule has 1 aromatic carbocycles. The molecule has 0 spiro atoms. The van der Waals surface area contributed by atoms with Crippen molar-refractivity contribution in [3.63, 3.8) is 0 Å². The summed E-state index contributed by atoms with van der Waals surface area (Å²) in [5.74, 6) is 1.72. The summed E-state index contributed by atoms with van der Waals surface area (Å²) in [4.78, 5) is 21.0. The molecule has 5 heteroatoms. The predicted molar refractivity (Wildman–Crippen MR) is 97.2 cm³/mol. The monoisotopic (exact) mass is 342 g/mol. The zero-order valence-electron chi connectivity index (χ0n) is 15.0. The standard InChI is InChI=1S/C19H26N2O.CO2/c1-3-5-14-12-16(20)19-17(21-14)6-4-7-18(19)22-15-10-8-13(2)9-11-15;2-1-3/h4,6-7,12-13,15H,3,5,8-11H2,1-2H3,(H2,20,21);. The molecule has 1 aliphatic carbocycles. The van der Waals surface area contributed by atoms with Gasteiger partial charge in [-0.05, 0) is 56.2 Å². The van der Waals surface area contributed by atoms with Crippen LogP contribution in [0.15, 0.2) is 24.3 Å². The normalized spacial score (nSPS) is 19.6. The van der Waals surface area contributed by atoms with E-state index in [4.69, 9.17) is 25.0 Å². The summed E-state index contributed by atoms with van der Waals surface area (Å²) in [6.07, 6.45) is 7.39.